The summed E-state index contributed by atoms with van der Waals surface area (Å²) in [5.41, 5.74) is 10.0. The molecule has 0 fully saturated rings. The van der Waals surface area contributed by atoms with Gasteiger partial charge in [-0.3, -0.25) is 0 Å². The van der Waals surface area contributed by atoms with E-state index in [9.17, 15) is 0 Å². The van der Waals surface area contributed by atoms with Gasteiger partial charge in [-0.05, 0) is 47.9 Å². The van der Waals surface area contributed by atoms with E-state index in [1.807, 2.05) is 30.5 Å². The minimum atomic E-state index is 0.710. The molecule has 0 saturated heterocycles. The fourth-order valence-corrected chi connectivity index (χ4v) is 7.36. The van der Waals surface area contributed by atoms with E-state index in [1.54, 1.807) is 0 Å². The molecule has 0 aliphatic rings. The third-order valence-corrected chi connectivity index (χ3v) is 9.34. The second-order valence-electron chi connectivity index (χ2n) is 11.9. The third-order valence-electron chi connectivity index (χ3n) is 9.34. The van der Waals surface area contributed by atoms with Crippen LogP contribution < -0.4 is 0 Å². The van der Waals surface area contributed by atoms with E-state index in [4.69, 9.17) is 9.97 Å². The van der Waals surface area contributed by atoms with Gasteiger partial charge in [-0.1, -0.05) is 109 Å². The van der Waals surface area contributed by atoms with Crippen molar-refractivity contribution in [3.8, 4) is 28.3 Å². The van der Waals surface area contributed by atoms with E-state index in [0.29, 0.717) is 5.82 Å². The van der Waals surface area contributed by atoms with E-state index in [1.165, 1.54) is 59.9 Å². The zero-order valence-electron chi connectivity index (χ0n) is 24.8. The van der Waals surface area contributed by atoms with Crippen molar-refractivity contribution in [2.75, 3.05) is 0 Å². The van der Waals surface area contributed by atoms with Gasteiger partial charge in [-0.15, -0.1) is 0 Å². The highest BCUT2D eigenvalue weighted by atomic mass is 15.0. The number of hydrogen-bond acceptors (Lipinski definition) is 2. The first kappa shape index (κ1) is 25.1. The van der Waals surface area contributed by atoms with Crippen LogP contribution in [0.25, 0.3) is 88.2 Å². The SMILES string of the molecule is c1ccc(-c2ccnc(-c3cccc(-n4c5ccccc5c5ccc6c(cc7c8ccccc8c8ccccc8n76)c54)c3)n2)cc1. The summed E-state index contributed by atoms with van der Waals surface area (Å²) in [6.45, 7) is 0. The fourth-order valence-electron chi connectivity index (χ4n) is 7.36. The maximum atomic E-state index is 4.97. The van der Waals surface area contributed by atoms with E-state index in [-0.39, 0.29) is 0 Å². The first-order chi connectivity index (χ1) is 22.8. The number of fused-ring (bicyclic) bond motifs is 12. The lowest BCUT2D eigenvalue weighted by Gasteiger charge is -2.11. The molecule has 10 rings (SSSR count). The third kappa shape index (κ3) is 3.55. The lowest BCUT2D eigenvalue weighted by Crippen LogP contribution is -1.96. The zero-order chi connectivity index (χ0) is 30.2. The number of aromatic nitrogens is 4. The van der Waals surface area contributed by atoms with E-state index in [2.05, 4.69) is 136 Å². The summed E-state index contributed by atoms with van der Waals surface area (Å²) < 4.78 is 4.86. The average Bonchev–Trinajstić information content (AvgIpc) is 3.69. The summed E-state index contributed by atoms with van der Waals surface area (Å²) in [6, 6.07) is 54.1. The molecule has 0 unspecified atom stereocenters. The molecule has 10 aromatic rings. The van der Waals surface area contributed by atoms with E-state index in [0.717, 1.165) is 22.5 Å². The lowest BCUT2D eigenvalue weighted by atomic mass is 10.1. The summed E-state index contributed by atoms with van der Waals surface area (Å²) in [5.74, 6) is 0.710. The Balaban J connectivity index is 1.28. The van der Waals surface area contributed by atoms with Gasteiger partial charge in [0.1, 0.15) is 0 Å². The van der Waals surface area contributed by atoms with Gasteiger partial charge in [0.15, 0.2) is 5.82 Å². The maximum absolute atomic E-state index is 4.97. The summed E-state index contributed by atoms with van der Waals surface area (Å²) in [6.07, 6.45) is 1.85. The predicted octanol–water partition coefficient (Wildman–Crippen LogP) is 10.6. The minimum Gasteiger partial charge on any atom is -0.309 e. The van der Waals surface area contributed by atoms with Gasteiger partial charge in [0.05, 0.1) is 33.3 Å². The number of rotatable bonds is 3. The quantitative estimate of drug-likeness (QED) is 0.193. The van der Waals surface area contributed by atoms with Gasteiger partial charge in [0.25, 0.3) is 0 Å². The molecular weight excluding hydrogens is 560 g/mol. The largest absolute Gasteiger partial charge is 0.309 e. The van der Waals surface area contributed by atoms with Gasteiger partial charge >= 0.3 is 0 Å². The Labute approximate surface area is 264 Å². The van der Waals surface area contributed by atoms with Crippen molar-refractivity contribution >= 4 is 59.9 Å². The van der Waals surface area contributed by atoms with Crippen LogP contribution in [0.4, 0.5) is 0 Å². The van der Waals surface area contributed by atoms with Gasteiger partial charge in [0.2, 0.25) is 0 Å². The summed E-state index contributed by atoms with van der Waals surface area (Å²) in [7, 11) is 0. The molecule has 0 aliphatic heterocycles. The van der Waals surface area contributed by atoms with Gasteiger partial charge in [-0.25, -0.2) is 9.97 Å². The van der Waals surface area contributed by atoms with Crippen LogP contribution in [-0.2, 0) is 0 Å². The number of nitrogens with zero attached hydrogens (tertiary/aromatic N) is 4. The molecule has 0 radical (unpaired) electrons. The second kappa shape index (κ2) is 9.62. The van der Waals surface area contributed by atoms with Crippen LogP contribution in [0.3, 0.4) is 0 Å². The summed E-state index contributed by atoms with van der Waals surface area (Å²) >= 11 is 0. The first-order valence-corrected chi connectivity index (χ1v) is 15.6. The molecule has 214 valence electrons. The topological polar surface area (TPSA) is 35.1 Å². The smallest absolute Gasteiger partial charge is 0.159 e. The average molecular weight is 587 g/mol. The normalized spacial score (nSPS) is 11.9. The Morgan fingerprint density at radius 1 is 0.413 bits per heavy atom. The van der Waals surface area contributed by atoms with Crippen molar-refractivity contribution in [1.29, 1.82) is 0 Å². The molecular formula is C42H26N4. The molecule has 0 saturated carbocycles. The van der Waals surface area contributed by atoms with Gasteiger partial charge in [-0.2, -0.15) is 0 Å². The number of benzene rings is 6. The summed E-state index contributed by atoms with van der Waals surface area (Å²) in [4.78, 5) is 9.67. The highest BCUT2D eigenvalue weighted by Gasteiger charge is 2.19. The molecule has 0 spiro atoms. The summed E-state index contributed by atoms with van der Waals surface area (Å²) in [5, 5.41) is 7.48. The van der Waals surface area contributed by atoms with Crippen molar-refractivity contribution in [3.63, 3.8) is 0 Å². The van der Waals surface area contributed by atoms with Gasteiger partial charge in [0, 0.05) is 49.9 Å². The van der Waals surface area contributed by atoms with Crippen LogP contribution in [-0.4, -0.2) is 18.9 Å². The minimum absolute atomic E-state index is 0.710. The highest BCUT2D eigenvalue weighted by Crippen LogP contribution is 2.41. The van der Waals surface area contributed by atoms with E-state index >= 15 is 0 Å². The Kier molecular flexibility index (Phi) is 5.25. The maximum Gasteiger partial charge on any atom is 0.159 e. The van der Waals surface area contributed by atoms with Crippen molar-refractivity contribution in [2.45, 2.75) is 0 Å². The standard InChI is InChI=1S/C42H26N4/c1-2-11-27(12-3-1)36-23-24-43-42(44-36)28-13-10-14-29(25-28)45-37-19-8-7-18-33(37)34-21-22-39-35(41(34)45)26-40-32-17-5-4-15-30(32)31-16-6-9-20-38(31)46(39)40/h1-26H. The molecule has 4 heteroatoms. The molecule has 0 bridgehead atoms. The number of pyridine rings is 1. The molecule has 0 atom stereocenters. The monoisotopic (exact) mass is 586 g/mol. The Hall–Kier alpha value is -6.26. The van der Waals surface area contributed by atoms with Crippen LogP contribution in [0.15, 0.2) is 158 Å². The Morgan fingerprint density at radius 2 is 1.07 bits per heavy atom. The molecule has 4 aromatic heterocycles. The van der Waals surface area contributed by atoms with Crippen LogP contribution in [0.1, 0.15) is 0 Å². The number of hydrogen-bond donors (Lipinski definition) is 0. The molecule has 4 heterocycles. The predicted molar refractivity (Wildman–Crippen MR) is 191 cm³/mol. The molecule has 46 heavy (non-hydrogen) atoms. The van der Waals surface area contributed by atoms with Crippen LogP contribution >= 0.6 is 0 Å². The van der Waals surface area contributed by atoms with Gasteiger partial charge < -0.3 is 8.97 Å². The zero-order valence-corrected chi connectivity index (χ0v) is 24.8. The Bertz CT molecular complexity index is 2810. The van der Waals surface area contributed by atoms with Crippen LogP contribution in [0, 0.1) is 0 Å². The first-order valence-electron chi connectivity index (χ1n) is 15.6. The highest BCUT2D eigenvalue weighted by molar-refractivity contribution is 6.22. The van der Waals surface area contributed by atoms with Crippen molar-refractivity contribution in [3.05, 3.63) is 158 Å². The molecule has 0 amide bonds. The molecule has 6 aromatic carbocycles. The van der Waals surface area contributed by atoms with Crippen LogP contribution in [0.5, 0.6) is 0 Å². The van der Waals surface area contributed by atoms with Crippen molar-refractivity contribution in [2.24, 2.45) is 0 Å². The van der Waals surface area contributed by atoms with Crippen molar-refractivity contribution in [1.82, 2.24) is 18.9 Å². The molecule has 0 aliphatic carbocycles. The van der Waals surface area contributed by atoms with E-state index < -0.39 is 0 Å². The number of para-hydroxylation sites is 2. The van der Waals surface area contributed by atoms with Crippen LogP contribution in [0.2, 0.25) is 0 Å². The molecule has 4 nitrogen and oxygen atoms in total. The Morgan fingerprint density at radius 3 is 1.89 bits per heavy atom. The lowest BCUT2D eigenvalue weighted by molar-refractivity contribution is 1.16. The van der Waals surface area contributed by atoms with Crippen molar-refractivity contribution < 1.29 is 0 Å². The second-order valence-corrected chi connectivity index (χ2v) is 11.9. The molecule has 0 N–H and O–H groups in total. The fraction of sp³-hybridized carbons (Fsp3) is 0.